The Kier molecular flexibility index (Phi) is 4.22. The van der Waals surface area contributed by atoms with Gasteiger partial charge in [0.05, 0.1) is 6.61 Å². The molecule has 0 saturated heterocycles. The normalized spacial score (nSPS) is 20.4. The van der Waals surface area contributed by atoms with Crippen molar-refractivity contribution in [3.63, 3.8) is 0 Å². The predicted molar refractivity (Wildman–Crippen MR) is 79.6 cm³/mol. The van der Waals surface area contributed by atoms with E-state index < -0.39 is 9.93 Å². The number of hydrogen-bond acceptors (Lipinski definition) is 3. The van der Waals surface area contributed by atoms with E-state index in [4.69, 9.17) is 32.7 Å². The molecule has 0 heterocycles. The molecule has 0 amide bonds. The molecule has 0 N–H and O–H groups in total. The summed E-state index contributed by atoms with van der Waals surface area (Å²) in [6, 6.07) is 7.48. The number of benzene rings is 1. The lowest BCUT2D eigenvalue weighted by atomic mass is 10.1. The van der Waals surface area contributed by atoms with Crippen LogP contribution in [0, 0.1) is 0 Å². The highest BCUT2D eigenvalue weighted by Gasteiger charge is 2.52. The zero-order valence-electron chi connectivity index (χ0n) is 11.8. The van der Waals surface area contributed by atoms with Crippen molar-refractivity contribution in [3.05, 3.63) is 29.8 Å². The van der Waals surface area contributed by atoms with Crippen LogP contribution in [0.15, 0.2) is 24.3 Å². The summed E-state index contributed by atoms with van der Waals surface area (Å²) < 4.78 is 10.0. The van der Waals surface area contributed by atoms with Gasteiger partial charge in [-0.15, -0.1) is 23.2 Å². The zero-order valence-corrected chi connectivity index (χ0v) is 13.3. The van der Waals surface area contributed by atoms with Crippen molar-refractivity contribution in [2.45, 2.75) is 43.0 Å². The second-order valence-electron chi connectivity index (χ2n) is 5.42. The first-order valence-corrected chi connectivity index (χ1v) is 7.36. The van der Waals surface area contributed by atoms with Gasteiger partial charge in [-0.3, -0.25) is 0 Å². The number of hydrogen-bond donors (Lipinski definition) is 0. The highest BCUT2D eigenvalue weighted by Crippen LogP contribution is 2.59. The number of carbonyl (C=O) groups is 1. The first kappa shape index (κ1) is 15.5. The fraction of sp³-hybridized carbons (Fsp3) is 0.533. The summed E-state index contributed by atoms with van der Waals surface area (Å²) in [6.45, 7) is 5.47. The molecular weight excluding hydrogens is 299 g/mol. The van der Waals surface area contributed by atoms with E-state index in [1.54, 1.807) is 20.8 Å². The molecule has 1 aliphatic carbocycles. The summed E-state index contributed by atoms with van der Waals surface area (Å²) in [4.78, 5) is 11.8. The van der Waals surface area contributed by atoms with Crippen LogP contribution in [0.2, 0.25) is 0 Å². The van der Waals surface area contributed by atoms with Crippen molar-refractivity contribution in [3.8, 4) is 5.75 Å². The van der Waals surface area contributed by atoms with Crippen molar-refractivity contribution in [2.75, 3.05) is 6.61 Å². The number of alkyl halides is 2. The molecule has 2 rings (SSSR count). The van der Waals surface area contributed by atoms with Crippen LogP contribution in [0.1, 0.15) is 38.7 Å². The zero-order chi connectivity index (χ0) is 15.0. The van der Waals surface area contributed by atoms with E-state index in [-0.39, 0.29) is 11.9 Å². The van der Waals surface area contributed by atoms with Crippen LogP contribution in [-0.2, 0) is 9.53 Å². The molecule has 110 valence electrons. The maximum absolute atomic E-state index is 11.8. The topological polar surface area (TPSA) is 35.5 Å². The number of ether oxygens (including phenoxy) is 2. The van der Waals surface area contributed by atoms with Gasteiger partial charge in [0, 0.05) is 5.92 Å². The van der Waals surface area contributed by atoms with Crippen molar-refractivity contribution in [1.29, 1.82) is 0 Å². The molecule has 0 radical (unpaired) electrons. The number of esters is 1. The van der Waals surface area contributed by atoms with Gasteiger partial charge in [0.15, 0.2) is 5.60 Å². The maximum atomic E-state index is 11.8. The average Bonchev–Trinajstić information content (AvgIpc) is 2.99. The molecule has 1 unspecified atom stereocenters. The van der Waals surface area contributed by atoms with Gasteiger partial charge in [0.25, 0.3) is 0 Å². The molecular formula is C15H18Cl2O3. The Labute approximate surface area is 129 Å². The van der Waals surface area contributed by atoms with E-state index in [0.29, 0.717) is 12.4 Å². The molecule has 3 nitrogen and oxygen atoms in total. The molecule has 0 bridgehead atoms. The summed E-state index contributed by atoms with van der Waals surface area (Å²) in [7, 11) is 0. The minimum Gasteiger partial charge on any atom is -0.476 e. The minimum atomic E-state index is -1.01. The third kappa shape index (κ3) is 3.39. The Hall–Kier alpha value is -0.930. The number of rotatable bonds is 5. The summed E-state index contributed by atoms with van der Waals surface area (Å²) in [5.41, 5.74) is 0.0658. The minimum absolute atomic E-state index is 0.179. The van der Waals surface area contributed by atoms with E-state index in [2.05, 4.69) is 0 Å². The molecule has 1 aliphatic rings. The molecule has 0 spiro atoms. The smallest absolute Gasteiger partial charge is 0.349 e. The molecule has 1 saturated carbocycles. The lowest BCUT2D eigenvalue weighted by Crippen LogP contribution is -2.39. The van der Waals surface area contributed by atoms with Gasteiger partial charge in [0.1, 0.15) is 10.1 Å². The van der Waals surface area contributed by atoms with E-state index in [1.807, 2.05) is 24.3 Å². The second kappa shape index (κ2) is 5.45. The summed E-state index contributed by atoms with van der Waals surface area (Å²) in [6.07, 6.45) is 0.768. The van der Waals surface area contributed by atoms with Crippen molar-refractivity contribution in [1.82, 2.24) is 0 Å². The summed E-state index contributed by atoms with van der Waals surface area (Å²) >= 11 is 12.1. The molecule has 1 atom stereocenters. The Morgan fingerprint density at radius 3 is 2.35 bits per heavy atom. The lowest BCUT2D eigenvalue weighted by Gasteiger charge is -2.24. The van der Waals surface area contributed by atoms with Crippen LogP contribution in [0.3, 0.4) is 0 Å². The largest absolute Gasteiger partial charge is 0.476 e. The first-order chi connectivity index (χ1) is 9.26. The van der Waals surface area contributed by atoms with Gasteiger partial charge in [-0.25, -0.2) is 4.79 Å². The third-order valence-electron chi connectivity index (χ3n) is 3.25. The maximum Gasteiger partial charge on any atom is 0.349 e. The quantitative estimate of drug-likeness (QED) is 0.607. The van der Waals surface area contributed by atoms with Gasteiger partial charge < -0.3 is 9.47 Å². The SMILES string of the molecule is CCOC(=O)C(C)(C)Oc1ccc(C2CC2(Cl)Cl)cc1. The summed E-state index contributed by atoms with van der Waals surface area (Å²) in [5.74, 6) is 0.409. The molecule has 1 fully saturated rings. The summed E-state index contributed by atoms with van der Waals surface area (Å²) in [5, 5.41) is 0. The van der Waals surface area contributed by atoms with Crippen LogP contribution in [0.4, 0.5) is 0 Å². The van der Waals surface area contributed by atoms with E-state index in [1.165, 1.54) is 0 Å². The fourth-order valence-electron chi connectivity index (χ4n) is 1.98. The standard InChI is InChI=1S/C15H18Cl2O3/c1-4-19-13(18)14(2,3)20-11-7-5-10(6-8-11)12-9-15(12,16)17/h5-8,12H,4,9H2,1-3H3. The first-order valence-electron chi connectivity index (χ1n) is 6.60. The van der Waals surface area contributed by atoms with Gasteiger partial charge in [-0.2, -0.15) is 0 Å². The van der Waals surface area contributed by atoms with Crippen LogP contribution in [-0.4, -0.2) is 22.5 Å². The molecule has 0 aliphatic heterocycles. The van der Waals surface area contributed by atoms with Crippen molar-refractivity contribution < 1.29 is 14.3 Å². The van der Waals surface area contributed by atoms with Crippen LogP contribution in [0.25, 0.3) is 0 Å². The van der Waals surface area contributed by atoms with Gasteiger partial charge in [0.2, 0.25) is 0 Å². The van der Waals surface area contributed by atoms with E-state index >= 15 is 0 Å². The molecule has 5 heteroatoms. The second-order valence-corrected chi connectivity index (χ2v) is 6.96. The highest BCUT2D eigenvalue weighted by molar-refractivity contribution is 6.51. The van der Waals surface area contributed by atoms with Gasteiger partial charge in [-0.1, -0.05) is 12.1 Å². The third-order valence-corrected chi connectivity index (χ3v) is 4.08. The Morgan fingerprint density at radius 1 is 1.35 bits per heavy atom. The fourth-order valence-corrected chi connectivity index (χ4v) is 2.54. The lowest BCUT2D eigenvalue weighted by molar-refractivity contribution is -0.158. The van der Waals surface area contributed by atoms with E-state index in [0.717, 1.165) is 12.0 Å². The Bertz CT molecular complexity index is 494. The number of carbonyl (C=O) groups excluding carboxylic acids is 1. The monoisotopic (exact) mass is 316 g/mol. The predicted octanol–water partition coefficient (Wildman–Crippen LogP) is 4.07. The van der Waals surface area contributed by atoms with Crippen molar-refractivity contribution in [2.24, 2.45) is 0 Å². The van der Waals surface area contributed by atoms with Crippen LogP contribution in [0.5, 0.6) is 5.75 Å². The average molecular weight is 317 g/mol. The highest BCUT2D eigenvalue weighted by atomic mass is 35.5. The molecule has 1 aromatic carbocycles. The Morgan fingerprint density at radius 2 is 1.90 bits per heavy atom. The van der Waals surface area contributed by atoms with E-state index in [9.17, 15) is 4.79 Å². The van der Waals surface area contributed by atoms with Gasteiger partial charge in [-0.05, 0) is 44.9 Å². The van der Waals surface area contributed by atoms with Crippen LogP contribution < -0.4 is 4.74 Å². The van der Waals surface area contributed by atoms with Crippen molar-refractivity contribution >= 4 is 29.2 Å². The number of halogens is 2. The molecule has 0 aromatic heterocycles. The van der Waals surface area contributed by atoms with Crippen LogP contribution >= 0.6 is 23.2 Å². The van der Waals surface area contributed by atoms with Gasteiger partial charge >= 0.3 is 5.97 Å². The molecule has 1 aromatic rings. The molecule has 20 heavy (non-hydrogen) atoms. The Balaban J connectivity index is 2.02.